The number of hydrogen-bond donors (Lipinski definition) is 1. The summed E-state index contributed by atoms with van der Waals surface area (Å²) in [5.41, 5.74) is 0.384. The van der Waals surface area contributed by atoms with Crippen LogP contribution in [-0.4, -0.2) is 34.7 Å². The van der Waals surface area contributed by atoms with Crippen molar-refractivity contribution in [3.63, 3.8) is 0 Å². The van der Waals surface area contributed by atoms with E-state index in [0.717, 1.165) is 0 Å². The number of carbonyl (C=O) groups is 2. The molecule has 0 spiro atoms. The van der Waals surface area contributed by atoms with E-state index in [1.165, 1.54) is 30.0 Å². The summed E-state index contributed by atoms with van der Waals surface area (Å²) >= 11 is 6.05. The van der Waals surface area contributed by atoms with Crippen molar-refractivity contribution in [1.29, 1.82) is 0 Å². The third kappa shape index (κ3) is 5.21. The number of nitro groups is 1. The van der Waals surface area contributed by atoms with E-state index in [0.29, 0.717) is 10.6 Å². The summed E-state index contributed by atoms with van der Waals surface area (Å²) in [6, 6.07) is 3.42. The number of benzene rings is 1. The maximum absolute atomic E-state index is 12.5. The van der Waals surface area contributed by atoms with E-state index in [4.69, 9.17) is 11.6 Å². The van der Waals surface area contributed by atoms with Crippen molar-refractivity contribution in [3.8, 4) is 0 Å². The highest BCUT2D eigenvalue weighted by atomic mass is 35.5. The predicted octanol–water partition coefficient (Wildman–Crippen LogP) is 2.37. The average molecular weight is 342 g/mol. The predicted molar refractivity (Wildman–Crippen MR) is 87.0 cm³/mol. The van der Waals surface area contributed by atoms with Crippen LogP contribution in [0.1, 0.15) is 26.3 Å². The number of carbonyl (C=O) groups excluding carboxylic acids is 2. The van der Waals surface area contributed by atoms with Gasteiger partial charge in [-0.2, -0.15) is 0 Å². The molecule has 1 rings (SSSR count). The molecule has 1 aromatic carbocycles. The third-order valence-electron chi connectivity index (χ3n) is 3.32. The van der Waals surface area contributed by atoms with Crippen LogP contribution in [0.25, 0.3) is 0 Å². The van der Waals surface area contributed by atoms with Gasteiger partial charge >= 0.3 is 0 Å². The summed E-state index contributed by atoms with van der Waals surface area (Å²) in [4.78, 5) is 35.4. The van der Waals surface area contributed by atoms with Crippen LogP contribution in [-0.2, 0) is 16.1 Å². The van der Waals surface area contributed by atoms with Crippen molar-refractivity contribution >= 4 is 29.1 Å². The highest BCUT2D eigenvalue weighted by Crippen LogP contribution is 2.23. The summed E-state index contributed by atoms with van der Waals surface area (Å²) in [5.74, 6) is -0.661. The van der Waals surface area contributed by atoms with Gasteiger partial charge in [-0.3, -0.25) is 19.7 Å². The lowest BCUT2D eigenvalue weighted by atomic mass is 10.0. The molecule has 2 amide bonds. The highest BCUT2D eigenvalue weighted by molar-refractivity contribution is 6.31. The largest absolute Gasteiger partial charge is 0.344 e. The summed E-state index contributed by atoms with van der Waals surface area (Å²) in [6.45, 7) is 5.11. The Bertz CT molecular complexity index is 619. The molecule has 0 fully saturated rings. The number of nitrogens with zero attached hydrogens (tertiary/aromatic N) is 2. The van der Waals surface area contributed by atoms with Gasteiger partial charge in [0.2, 0.25) is 11.8 Å². The summed E-state index contributed by atoms with van der Waals surface area (Å²) in [5, 5.41) is 13.8. The Hall–Kier alpha value is -2.15. The zero-order chi connectivity index (χ0) is 17.7. The zero-order valence-corrected chi connectivity index (χ0v) is 14.3. The Balaban J connectivity index is 2.95. The van der Waals surface area contributed by atoms with Crippen LogP contribution < -0.4 is 5.32 Å². The van der Waals surface area contributed by atoms with Crippen LogP contribution in [0.4, 0.5) is 5.69 Å². The minimum atomic E-state index is -0.657. The fourth-order valence-corrected chi connectivity index (χ4v) is 2.28. The molecule has 0 bridgehead atoms. The van der Waals surface area contributed by atoms with Crippen molar-refractivity contribution < 1.29 is 14.5 Å². The molecule has 7 nitrogen and oxygen atoms in total. The lowest BCUT2D eigenvalue weighted by Crippen LogP contribution is -2.49. The Kier molecular flexibility index (Phi) is 6.50. The van der Waals surface area contributed by atoms with Gasteiger partial charge in [-0.1, -0.05) is 25.4 Å². The van der Waals surface area contributed by atoms with Crippen molar-refractivity contribution in [3.05, 3.63) is 38.9 Å². The van der Waals surface area contributed by atoms with E-state index < -0.39 is 11.0 Å². The Morgan fingerprint density at radius 1 is 1.39 bits per heavy atom. The van der Waals surface area contributed by atoms with E-state index in [1.54, 1.807) is 7.05 Å². The molecule has 0 radical (unpaired) electrons. The zero-order valence-electron chi connectivity index (χ0n) is 13.5. The van der Waals surface area contributed by atoms with Gasteiger partial charge in [0.1, 0.15) is 6.04 Å². The number of halogens is 1. The standard InChI is InChI=1S/C15H20ClN3O4/c1-9(2)14(17-10(3)20)15(21)18(4)8-11-7-12(19(22)23)5-6-13(11)16/h5-7,9,14H,8H2,1-4H3,(H,17,20)/t14-/m0/s1. The van der Waals surface area contributed by atoms with E-state index in [9.17, 15) is 19.7 Å². The lowest BCUT2D eigenvalue weighted by Gasteiger charge is -2.27. The lowest BCUT2D eigenvalue weighted by molar-refractivity contribution is -0.384. The van der Waals surface area contributed by atoms with Crippen molar-refractivity contribution in [2.24, 2.45) is 5.92 Å². The van der Waals surface area contributed by atoms with Gasteiger partial charge < -0.3 is 10.2 Å². The normalized spacial score (nSPS) is 11.9. The first-order chi connectivity index (χ1) is 10.6. The molecule has 0 unspecified atom stereocenters. The van der Waals surface area contributed by atoms with E-state index in [2.05, 4.69) is 5.32 Å². The number of likely N-dealkylation sites (N-methyl/N-ethyl adjacent to an activating group) is 1. The second kappa shape index (κ2) is 7.92. The minimum Gasteiger partial charge on any atom is -0.344 e. The number of amides is 2. The molecular weight excluding hydrogens is 322 g/mol. The highest BCUT2D eigenvalue weighted by Gasteiger charge is 2.26. The molecular formula is C15H20ClN3O4. The van der Waals surface area contributed by atoms with Gasteiger partial charge in [-0.15, -0.1) is 0 Å². The van der Waals surface area contributed by atoms with Gasteiger partial charge in [0.15, 0.2) is 0 Å². The second-order valence-corrected chi connectivity index (χ2v) is 6.06. The number of rotatable bonds is 6. The van der Waals surface area contributed by atoms with Crippen molar-refractivity contribution in [2.75, 3.05) is 7.05 Å². The maximum Gasteiger partial charge on any atom is 0.269 e. The van der Waals surface area contributed by atoms with Gasteiger partial charge in [-0.25, -0.2) is 0 Å². The first-order valence-corrected chi connectivity index (χ1v) is 7.46. The monoisotopic (exact) mass is 341 g/mol. The Morgan fingerprint density at radius 3 is 2.48 bits per heavy atom. The average Bonchev–Trinajstić information content (AvgIpc) is 2.45. The van der Waals surface area contributed by atoms with Gasteiger partial charge in [0.25, 0.3) is 5.69 Å². The minimum absolute atomic E-state index is 0.0885. The SMILES string of the molecule is CC(=O)N[C@H](C(=O)N(C)Cc1cc([N+](=O)[O-])ccc1Cl)C(C)C. The Morgan fingerprint density at radius 2 is 2.00 bits per heavy atom. The number of nitro benzene ring substituents is 1. The molecule has 0 saturated carbocycles. The molecule has 8 heteroatoms. The quantitative estimate of drug-likeness (QED) is 0.635. The number of nitrogens with one attached hydrogen (secondary N) is 1. The van der Waals surface area contributed by atoms with Crippen LogP contribution in [0, 0.1) is 16.0 Å². The van der Waals surface area contributed by atoms with Gasteiger partial charge in [0, 0.05) is 37.7 Å². The number of hydrogen-bond acceptors (Lipinski definition) is 4. The van der Waals surface area contributed by atoms with E-state index in [-0.39, 0.29) is 30.0 Å². The fourth-order valence-electron chi connectivity index (χ4n) is 2.10. The molecule has 1 atom stereocenters. The molecule has 1 aromatic rings. The van der Waals surface area contributed by atoms with E-state index in [1.807, 2.05) is 13.8 Å². The second-order valence-electron chi connectivity index (χ2n) is 5.65. The van der Waals surface area contributed by atoms with Crippen LogP contribution in [0.3, 0.4) is 0 Å². The molecule has 0 aliphatic rings. The van der Waals surface area contributed by atoms with Crippen molar-refractivity contribution in [1.82, 2.24) is 10.2 Å². The first kappa shape index (κ1) is 18.9. The van der Waals surface area contributed by atoms with Gasteiger partial charge in [0.05, 0.1) is 4.92 Å². The van der Waals surface area contributed by atoms with Crippen LogP contribution in [0.15, 0.2) is 18.2 Å². The molecule has 23 heavy (non-hydrogen) atoms. The maximum atomic E-state index is 12.5. The molecule has 0 heterocycles. The van der Waals surface area contributed by atoms with Crippen molar-refractivity contribution in [2.45, 2.75) is 33.4 Å². The van der Waals surface area contributed by atoms with Gasteiger partial charge in [-0.05, 0) is 17.5 Å². The van der Waals surface area contributed by atoms with Crippen LogP contribution >= 0.6 is 11.6 Å². The smallest absolute Gasteiger partial charge is 0.269 e. The molecule has 126 valence electrons. The number of non-ortho nitro benzene ring substituents is 1. The first-order valence-electron chi connectivity index (χ1n) is 7.08. The molecule has 0 aromatic heterocycles. The summed E-state index contributed by atoms with van der Waals surface area (Å²) in [6.07, 6.45) is 0. The summed E-state index contributed by atoms with van der Waals surface area (Å²) in [7, 11) is 1.56. The van der Waals surface area contributed by atoms with Crippen LogP contribution in [0.2, 0.25) is 5.02 Å². The molecule has 0 aliphatic heterocycles. The molecule has 1 N–H and O–H groups in total. The molecule has 0 saturated heterocycles. The fraction of sp³-hybridized carbons (Fsp3) is 0.467. The Labute approximate surface area is 139 Å². The van der Waals surface area contributed by atoms with E-state index >= 15 is 0 Å². The topological polar surface area (TPSA) is 92.6 Å². The van der Waals surface area contributed by atoms with Crippen LogP contribution in [0.5, 0.6) is 0 Å². The molecule has 0 aliphatic carbocycles. The summed E-state index contributed by atoms with van der Waals surface area (Å²) < 4.78 is 0. The third-order valence-corrected chi connectivity index (χ3v) is 3.68.